The third kappa shape index (κ3) is 2.93. The summed E-state index contributed by atoms with van der Waals surface area (Å²) in [7, 11) is 0. The van der Waals surface area contributed by atoms with Crippen molar-refractivity contribution in [3.63, 3.8) is 0 Å². The molecule has 5 rings (SSSR count). The summed E-state index contributed by atoms with van der Waals surface area (Å²) >= 11 is 0. The number of nitrogens with zero attached hydrogens (tertiary/aromatic N) is 1. The van der Waals surface area contributed by atoms with Crippen molar-refractivity contribution < 1.29 is 23.9 Å². The van der Waals surface area contributed by atoms with Gasteiger partial charge in [-0.3, -0.25) is 19.3 Å². The predicted molar refractivity (Wildman–Crippen MR) is 107 cm³/mol. The summed E-state index contributed by atoms with van der Waals surface area (Å²) in [6.45, 7) is 1.78. The fraction of sp³-hybridized carbons (Fsp3) is 0.348. The molecule has 5 unspecified atom stereocenters. The SMILES string of the molecule is Cc1ccc(C(CC(=O)Nc2ccc(O)cc2)N2C(=O)C3C4C=CC(C4)C3C2=O)o1. The number of rotatable bonds is 5. The number of hydrogen-bond donors (Lipinski definition) is 2. The van der Waals surface area contributed by atoms with Gasteiger partial charge in [0, 0.05) is 5.69 Å². The molecular weight excluding hydrogens is 384 g/mol. The van der Waals surface area contributed by atoms with Gasteiger partial charge >= 0.3 is 0 Å². The van der Waals surface area contributed by atoms with Crippen molar-refractivity contribution in [2.45, 2.75) is 25.8 Å². The summed E-state index contributed by atoms with van der Waals surface area (Å²) in [4.78, 5) is 40.5. The minimum atomic E-state index is -0.791. The summed E-state index contributed by atoms with van der Waals surface area (Å²) in [5, 5.41) is 12.2. The van der Waals surface area contributed by atoms with Crippen molar-refractivity contribution in [2.24, 2.45) is 23.7 Å². The number of furan rings is 1. The monoisotopic (exact) mass is 406 g/mol. The van der Waals surface area contributed by atoms with Gasteiger partial charge in [-0.25, -0.2) is 0 Å². The molecule has 30 heavy (non-hydrogen) atoms. The normalized spacial score (nSPS) is 27.6. The van der Waals surface area contributed by atoms with Gasteiger partial charge in [0.25, 0.3) is 0 Å². The number of imide groups is 1. The molecular formula is C23H22N2O5. The number of aromatic hydroxyl groups is 1. The number of amides is 3. The molecule has 3 amide bonds. The summed E-state index contributed by atoms with van der Waals surface area (Å²) in [5.74, 6) is -0.0459. The number of benzene rings is 1. The number of hydrogen-bond acceptors (Lipinski definition) is 5. The van der Waals surface area contributed by atoms with Crippen LogP contribution in [-0.2, 0) is 14.4 Å². The molecule has 7 nitrogen and oxygen atoms in total. The van der Waals surface area contributed by atoms with Crippen LogP contribution in [-0.4, -0.2) is 27.7 Å². The first-order chi connectivity index (χ1) is 14.4. The van der Waals surface area contributed by atoms with Gasteiger partial charge in [-0.2, -0.15) is 0 Å². The Balaban J connectivity index is 1.42. The van der Waals surface area contributed by atoms with Crippen LogP contribution in [0.25, 0.3) is 0 Å². The molecule has 1 aromatic carbocycles. The lowest BCUT2D eigenvalue weighted by atomic mass is 9.85. The van der Waals surface area contributed by atoms with E-state index in [0.29, 0.717) is 17.2 Å². The van der Waals surface area contributed by atoms with Crippen LogP contribution >= 0.6 is 0 Å². The van der Waals surface area contributed by atoms with E-state index in [9.17, 15) is 19.5 Å². The number of carbonyl (C=O) groups is 3. The van der Waals surface area contributed by atoms with E-state index in [-0.39, 0.29) is 53.6 Å². The lowest BCUT2D eigenvalue weighted by Gasteiger charge is -2.26. The Hall–Kier alpha value is -3.35. The van der Waals surface area contributed by atoms with Crippen molar-refractivity contribution in [1.82, 2.24) is 4.90 Å². The Labute approximate surface area is 173 Å². The molecule has 7 heteroatoms. The second-order valence-corrected chi connectivity index (χ2v) is 8.31. The molecule has 1 aliphatic heterocycles. The molecule has 1 saturated carbocycles. The molecule has 3 aliphatic rings. The van der Waals surface area contributed by atoms with Crippen LogP contribution in [0.1, 0.15) is 30.4 Å². The van der Waals surface area contributed by atoms with Crippen LogP contribution in [0.5, 0.6) is 5.75 Å². The molecule has 2 heterocycles. The van der Waals surface area contributed by atoms with Crippen molar-refractivity contribution in [2.75, 3.05) is 5.32 Å². The van der Waals surface area contributed by atoms with Crippen molar-refractivity contribution in [3.8, 4) is 5.75 Å². The zero-order chi connectivity index (χ0) is 21.0. The van der Waals surface area contributed by atoms with E-state index in [2.05, 4.69) is 5.32 Å². The summed E-state index contributed by atoms with van der Waals surface area (Å²) < 4.78 is 5.74. The maximum atomic E-state index is 13.3. The number of nitrogens with one attached hydrogen (secondary N) is 1. The number of phenols is 1. The van der Waals surface area contributed by atoms with Crippen LogP contribution in [0.15, 0.2) is 53.0 Å². The molecule has 0 spiro atoms. The van der Waals surface area contributed by atoms with Crippen molar-refractivity contribution >= 4 is 23.4 Å². The minimum absolute atomic E-state index is 0.0972. The highest BCUT2D eigenvalue weighted by molar-refractivity contribution is 6.07. The molecule has 2 bridgehead atoms. The van der Waals surface area contributed by atoms with E-state index in [1.54, 1.807) is 31.2 Å². The van der Waals surface area contributed by atoms with Crippen molar-refractivity contribution in [3.05, 3.63) is 60.1 Å². The standard InChI is InChI=1S/C23H22N2O5/c1-12-2-9-18(30-12)17(11-19(27)24-15-5-7-16(26)8-6-15)25-22(28)20-13-3-4-14(10-13)21(20)23(25)29/h2-9,13-14,17,20-21,26H,10-11H2,1H3,(H,24,27). The number of fused-ring (bicyclic) bond motifs is 5. The third-order valence-corrected chi connectivity index (χ3v) is 6.44. The van der Waals surface area contributed by atoms with Gasteiger partial charge in [-0.15, -0.1) is 0 Å². The minimum Gasteiger partial charge on any atom is -0.508 e. The average Bonchev–Trinajstić information content (AvgIpc) is 3.47. The smallest absolute Gasteiger partial charge is 0.234 e. The van der Waals surface area contributed by atoms with Crippen molar-refractivity contribution in [1.29, 1.82) is 0 Å². The Morgan fingerprint density at radius 1 is 1.10 bits per heavy atom. The van der Waals surface area contributed by atoms with E-state index in [4.69, 9.17) is 4.42 Å². The lowest BCUT2D eigenvalue weighted by Crippen LogP contribution is -2.38. The van der Waals surface area contributed by atoms with Gasteiger partial charge in [0.2, 0.25) is 17.7 Å². The highest BCUT2D eigenvalue weighted by atomic mass is 16.3. The number of allylic oxidation sites excluding steroid dienone is 2. The zero-order valence-electron chi connectivity index (χ0n) is 16.4. The molecule has 154 valence electrons. The van der Waals surface area contributed by atoms with Crippen LogP contribution in [0.3, 0.4) is 0 Å². The number of likely N-dealkylation sites (tertiary alicyclic amines) is 1. The fourth-order valence-electron chi connectivity index (χ4n) is 5.12. The zero-order valence-corrected chi connectivity index (χ0v) is 16.4. The molecule has 2 aromatic rings. The van der Waals surface area contributed by atoms with Gasteiger partial charge in [0.05, 0.1) is 18.3 Å². The van der Waals surface area contributed by atoms with E-state index < -0.39 is 6.04 Å². The Kier molecular flexibility index (Phi) is 4.27. The third-order valence-electron chi connectivity index (χ3n) is 6.44. The second-order valence-electron chi connectivity index (χ2n) is 8.31. The Bertz CT molecular complexity index is 1020. The Morgan fingerprint density at radius 3 is 2.30 bits per heavy atom. The summed E-state index contributed by atoms with van der Waals surface area (Å²) in [5.41, 5.74) is 0.519. The highest BCUT2D eigenvalue weighted by Gasteiger charge is 2.60. The first-order valence-corrected chi connectivity index (χ1v) is 10.1. The van der Waals surface area contributed by atoms with Gasteiger partial charge in [-0.05, 0) is 61.6 Å². The lowest BCUT2D eigenvalue weighted by molar-refractivity contribution is -0.144. The van der Waals surface area contributed by atoms with Gasteiger partial charge in [0.15, 0.2) is 0 Å². The van der Waals surface area contributed by atoms with E-state index in [0.717, 1.165) is 6.42 Å². The van der Waals surface area contributed by atoms with Gasteiger partial charge in [0.1, 0.15) is 23.3 Å². The quantitative estimate of drug-likeness (QED) is 0.451. The van der Waals surface area contributed by atoms with Crippen LogP contribution in [0, 0.1) is 30.6 Å². The molecule has 2 N–H and O–H groups in total. The molecule has 1 aromatic heterocycles. The number of aryl methyl sites for hydroxylation is 1. The van der Waals surface area contributed by atoms with Crippen LogP contribution in [0.2, 0.25) is 0 Å². The van der Waals surface area contributed by atoms with E-state index in [1.807, 2.05) is 12.2 Å². The molecule has 0 radical (unpaired) electrons. The van der Waals surface area contributed by atoms with Gasteiger partial charge < -0.3 is 14.8 Å². The first-order valence-electron chi connectivity index (χ1n) is 10.1. The summed E-state index contributed by atoms with van der Waals surface area (Å²) in [6, 6.07) is 8.80. The van der Waals surface area contributed by atoms with E-state index in [1.165, 1.54) is 17.0 Å². The van der Waals surface area contributed by atoms with Crippen LogP contribution < -0.4 is 5.32 Å². The number of anilines is 1. The van der Waals surface area contributed by atoms with E-state index >= 15 is 0 Å². The average molecular weight is 406 g/mol. The molecule has 2 aliphatic carbocycles. The Morgan fingerprint density at radius 2 is 1.73 bits per heavy atom. The fourth-order valence-corrected chi connectivity index (χ4v) is 5.12. The highest BCUT2D eigenvalue weighted by Crippen LogP contribution is 2.54. The van der Waals surface area contributed by atoms with Crippen LogP contribution in [0.4, 0.5) is 5.69 Å². The maximum Gasteiger partial charge on any atom is 0.234 e. The molecule has 1 saturated heterocycles. The number of carbonyl (C=O) groups excluding carboxylic acids is 3. The topological polar surface area (TPSA) is 99.9 Å². The molecule has 5 atom stereocenters. The molecule has 2 fully saturated rings. The maximum absolute atomic E-state index is 13.3. The summed E-state index contributed by atoms with van der Waals surface area (Å²) in [6.07, 6.45) is 4.84. The van der Waals surface area contributed by atoms with Gasteiger partial charge in [-0.1, -0.05) is 12.2 Å². The predicted octanol–water partition coefficient (Wildman–Crippen LogP) is 3.17. The largest absolute Gasteiger partial charge is 0.508 e. The first kappa shape index (κ1) is 18.7. The second kappa shape index (κ2) is 6.86. The number of phenolic OH excluding ortho intramolecular Hbond substituents is 1.